The zero-order valence-electron chi connectivity index (χ0n) is 16.2. The van der Waals surface area contributed by atoms with Crippen molar-refractivity contribution in [3.8, 4) is 0 Å². The van der Waals surface area contributed by atoms with Crippen LogP contribution in [0.4, 0.5) is 0 Å². The maximum atomic E-state index is 12.1. The van der Waals surface area contributed by atoms with Crippen molar-refractivity contribution < 1.29 is 24.5 Å². The van der Waals surface area contributed by atoms with E-state index >= 15 is 0 Å². The van der Waals surface area contributed by atoms with Crippen LogP contribution in [0.1, 0.15) is 60.3 Å². The Morgan fingerprint density at radius 3 is 2.48 bits per heavy atom. The molecule has 4 atom stereocenters. The third-order valence-corrected chi connectivity index (χ3v) is 5.27. The first kappa shape index (κ1) is 21.9. The third-order valence-electron chi connectivity index (χ3n) is 5.27. The normalized spacial score (nSPS) is 25.5. The Morgan fingerprint density at radius 1 is 1.28 bits per heavy atom. The molecule has 0 unspecified atom stereocenters. The van der Waals surface area contributed by atoms with Crippen LogP contribution in [0.3, 0.4) is 0 Å². The standard InChI is InChI=1S/C19H35NO5/c1-12(2)14-7-6-13(3)10-15(14)25-16(22)8-9-20-18(24)17(23)19(4,5)11-21/h12-15,17,21,23H,6-11H2,1-5H3,(H,20,24)/t13-,14-,15-,17+/m1/s1. The zero-order valence-corrected chi connectivity index (χ0v) is 16.2. The van der Waals surface area contributed by atoms with Crippen LogP contribution in [0.5, 0.6) is 0 Å². The molecule has 0 heterocycles. The summed E-state index contributed by atoms with van der Waals surface area (Å²) in [5.74, 6) is 0.519. The summed E-state index contributed by atoms with van der Waals surface area (Å²) in [5.41, 5.74) is -0.923. The van der Waals surface area contributed by atoms with Crippen molar-refractivity contribution in [2.75, 3.05) is 13.2 Å². The van der Waals surface area contributed by atoms with Crippen molar-refractivity contribution in [3.63, 3.8) is 0 Å². The molecular weight excluding hydrogens is 322 g/mol. The highest BCUT2D eigenvalue weighted by Crippen LogP contribution is 2.35. The van der Waals surface area contributed by atoms with E-state index < -0.39 is 17.4 Å². The lowest BCUT2D eigenvalue weighted by Crippen LogP contribution is -2.46. The quantitative estimate of drug-likeness (QED) is 0.577. The second-order valence-corrected chi connectivity index (χ2v) is 8.44. The van der Waals surface area contributed by atoms with Crippen LogP contribution < -0.4 is 5.32 Å². The van der Waals surface area contributed by atoms with Gasteiger partial charge in [-0.05, 0) is 30.6 Å². The minimum atomic E-state index is -1.32. The summed E-state index contributed by atoms with van der Waals surface area (Å²) in [7, 11) is 0. The topological polar surface area (TPSA) is 95.9 Å². The Balaban J connectivity index is 2.42. The average molecular weight is 357 g/mol. The molecule has 0 radical (unpaired) electrons. The highest BCUT2D eigenvalue weighted by atomic mass is 16.5. The highest BCUT2D eigenvalue weighted by Gasteiger charge is 2.34. The predicted octanol–water partition coefficient (Wildman–Crippen LogP) is 1.88. The largest absolute Gasteiger partial charge is 0.462 e. The molecule has 0 aliphatic heterocycles. The average Bonchev–Trinajstić information content (AvgIpc) is 2.53. The van der Waals surface area contributed by atoms with Gasteiger partial charge in [-0.1, -0.05) is 41.0 Å². The smallest absolute Gasteiger partial charge is 0.307 e. The minimum absolute atomic E-state index is 0.0501. The first-order valence-corrected chi connectivity index (χ1v) is 9.34. The van der Waals surface area contributed by atoms with Crippen molar-refractivity contribution in [3.05, 3.63) is 0 Å². The molecule has 6 heteroatoms. The van der Waals surface area contributed by atoms with Crippen molar-refractivity contribution in [2.45, 2.75) is 72.5 Å². The number of rotatable bonds is 8. The van der Waals surface area contributed by atoms with Gasteiger partial charge in [-0.15, -0.1) is 0 Å². The number of nitrogens with one attached hydrogen (secondary N) is 1. The maximum Gasteiger partial charge on any atom is 0.307 e. The van der Waals surface area contributed by atoms with Gasteiger partial charge < -0.3 is 20.3 Å². The number of esters is 1. The van der Waals surface area contributed by atoms with Crippen molar-refractivity contribution >= 4 is 11.9 Å². The number of aliphatic hydroxyl groups is 2. The molecule has 0 bridgehead atoms. The van der Waals surface area contributed by atoms with Gasteiger partial charge in [0.1, 0.15) is 12.2 Å². The number of aliphatic hydroxyl groups excluding tert-OH is 2. The van der Waals surface area contributed by atoms with Gasteiger partial charge >= 0.3 is 5.97 Å². The molecule has 1 rings (SSSR count). The van der Waals surface area contributed by atoms with E-state index in [0.717, 1.165) is 12.8 Å². The van der Waals surface area contributed by atoms with Gasteiger partial charge in [0, 0.05) is 12.0 Å². The van der Waals surface area contributed by atoms with E-state index in [2.05, 4.69) is 26.1 Å². The number of carbonyl (C=O) groups is 2. The van der Waals surface area contributed by atoms with E-state index in [0.29, 0.717) is 17.8 Å². The van der Waals surface area contributed by atoms with Gasteiger partial charge in [0.05, 0.1) is 13.0 Å². The van der Waals surface area contributed by atoms with Crippen molar-refractivity contribution in [2.24, 2.45) is 23.2 Å². The molecule has 25 heavy (non-hydrogen) atoms. The summed E-state index contributed by atoms with van der Waals surface area (Å²) in [4.78, 5) is 24.0. The molecular formula is C19H35NO5. The Bertz CT molecular complexity index is 449. The first-order chi connectivity index (χ1) is 11.6. The van der Waals surface area contributed by atoms with Gasteiger partial charge in [0.15, 0.2) is 0 Å². The predicted molar refractivity (Wildman–Crippen MR) is 95.7 cm³/mol. The fourth-order valence-electron chi connectivity index (χ4n) is 3.30. The summed E-state index contributed by atoms with van der Waals surface area (Å²) < 4.78 is 5.67. The van der Waals surface area contributed by atoms with Crippen molar-refractivity contribution in [1.82, 2.24) is 5.32 Å². The summed E-state index contributed by atoms with van der Waals surface area (Å²) in [6.45, 7) is 9.51. The fourth-order valence-corrected chi connectivity index (χ4v) is 3.30. The second kappa shape index (κ2) is 9.53. The molecule has 0 aromatic rings. The van der Waals surface area contributed by atoms with E-state index in [9.17, 15) is 19.8 Å². The Morgan fingerprint density at radius 2 is 1.92 bits per heavy atom. The van der Waals surface area contributed by atoms with Gasteiger partial charge in [0.25, 0.3) is 0 Å². The molecule has 3 N–H and O–H groups in total. The van der Waals surface area contributed by atoms with Crippen molar-refractivity contribution in [1.29, 1.82) is 0 Å². The van der Waals surface area contributed by atoms with Crippen LogP contribution in [0.15, 0.2) is 0 Å². The van der Waals surface area contributed by atoms with Gasteiger partial charge in [0.2, 0.25) is 5.91 Å². The Labute approximate surface area is 151 Å². The third kappa shape index (κ3) is 6.59. The monoisotopic (exact) mass is 357 g/mol. The van der Waals surface area contributed by atoms with E-state index in [1.807, 2.05) is 0 Å². The lowest BCUT2D eigenvalue weighted by molar-refractivity contribution is -0.155. The molecule has 0 aromatic heterocycles. The minimum Gasteiger partial charge on any atom is -0.462 e. The number of carbonyl (C=O) groups excluding carboxylic acids is 2. The Hall–Kier alpha value is -1.14. The molecule has 0 saturated heterocycles. The maximum absolute atomic E-state index is 12.1. The van der Waals surface area contributed by atoms with Gasteiger partial charge in [-0.3, -0.25) is 9.59 Å². The number of amides is 1. The molecule has 146 valence electrons. The van der Waals surface area contributed by atoms with Crippen LogP contribution >= 0.6 is 0 Å². The van der Waals surface area contributed by atoms with E-state index in [1.165, 1.54) is 6.42 Å². The molecule has 1 saturated carbocycles. The summed E-state index contributed by atoms with van der Waals surface area (Å²) in [5, 5.41) is 21.6. The van der Waals surface area contributed by atoms with E-state index in [1.54, 1.807) is 13.8 Å². The molecule has 1 aliphatic rings. The molecule has 0 aromatic carbocycles. The van der Waals surface area contributed by atoms with E-state index in [4.69, 9.17) is 4.74 Å². The number of hydrogen-bond donors (Lipinski definition) is 3. The van der Waals surface area contributed by atoms with Crippen LogP contribution in [0, 0.1) is 23.2 Å². The highest BCUT2D eigenvalue weighted by molar-refractivity contribution is 5.81. The first-order valence-electron chi connectivity index (χ1n) is 9.34. The molecule has 0 spiro atoms. The number of hydrogen-bond acceptors (Lipinski definition) is 5. The second-order valence-electron chi connectivity index (χ2n) is 8.44. The Kier molecular flexibility index (Phi) is 8.35. The molecule has 6 nitrogen and oxygen atoms in total. The van der Waals surface area contributed by atoms with E-state index in [-0.39, 0.29) is 31.6 Å². The SMILES string of the molecule is CC(C)[C@H]1CC[C@@H](C)C[C@H]1OC(=O)CCNC(=O)[C@H](O)C(C)(C)CO. The summed E-state index contributed by atoms with van der Waals surface area (Å²) in [6.07, 6.45) is 1.85. The fraction of sp³-hybridized carbons (Fsp3) is 0.895. The van der Waals surface area contributed by atoms with Crippen LogP contribution in [-0.4, -0.2) is 47.4 Å². The number of ether oxygens (including phenoxy) is 1. The van der Waals surface area contributed by atoms with Crippen LogP contribution in [0.25, 0.3) is 0 Å². The molecule has 1 fully saturated rings. The van der Waals surface area contributed by atoms with Gasteiger partial charge in [-0.25, -0.2) is 0 Å². The summed E-state index contributed by atoms with van der Waals surface area (Å²) in [6, 6.07) is 0. The lowest BCUT2D eigenvalue weighted by Gasteiger charge is -2.36. The zero-order chi connectivity index (χ0) is 19.2. The van der Waals surface area contributed by atoms with Crippen LogP contribution in [0.2, 0.25) is 0 Å². The lowest BCUT2D eigenvalue weighted by atomic mass is 9.75. The summed E-state index contributed by atoms with van der Waals surface area (Å²) >= 11 is 0. The van der Waals surface area contributed by atoms with Gasteiger partial charge in [-0.2, -0.15) is 0 Å². The molecule has 1 amide bonds. The molecule has 1 aliphatic carbocycles. The van der Waals surface area contributed by atoms with Crippen LogP contribution in [-0.2, 0) is 14.3 Å².